The molecule has 35 heavy (non-hydrogen) atoms. The van der Waals surface area contributed by atoms with Crippen molar-refractivity contribution < 1.29 is 24.2 Å². The van der Waals surface area contributed by atoms with Crippen molar-refractivity contribution >= 4 is 39.9 Å². The lowest BCUT2D eigenvalue weighted by Gasteiger charge is -2.23. The summed E-state index contributed by atoms with van der Waals surface area (Å²) in [6, 6.07) is 13.6. The molecule has 1 saturated heterocycles. The second-order valence-corrected chi connectivity index (χ2v) is 9.17. The molecule has 8 heteroatoms. The number of carbonyl (C=O) groups excluding carboxylic acids is 3. The van der Waals surface area contributed by atoms with E-state index in [1.165, 1.54) is 11.0 Å². The molecule has 1 aliphatic heterocycles. The van der Waals surface area contributed by atoms with Gasteiger partial charge in [-0.3, -0.25) is 14.5 Å². The fourth-order valence-electron chi connectivity index (χ4n) is 3.99. The normalized spacial score (nSPS) is 17.0. The lowest BCUT2D eigenvalue weighted by molar-refractivity contribution is -0.132. The molecule has 2 heterocycles. The molecular weight excluding hydrogens is 464 g/mol. The van der Waals surface area contributed by atoms with Gasteiger partial charge in [0.1, 0.15) is 17.2 Å². The number of carbonyl (C=O) groups is 3. The van der Waals surface area contributed by atoms with Crippen LogP contribution in [0.2, 0.25) is 0 Å². The molecule has 7 nitrogen and oxygen atoms in total. The Kier molecular flexibility index (Phi) is 6.66. The number of anilines is 1. The van der Waals surface area contributed by atoms with Crippen LogP contribution >= 0.6 is 11.3 Å². The van der Waals surface area contributed by atoms with Crippen molar-refractivity contribution in [3.05, 3.63) is 99.6 Å². The second-order valence-electron chi connectivity index (χ2n) is 8.20. The third-order valence-corrected chi connectivity index (χ3v) is 6.85. The molecule has 0 radical (unpaired) electrons. The van der Waals surface area contributed by atoms with Crippen molar-refractivity contribution in [2.24, 2.45) is 0 Å². The van der Waals surface area contributed by atoms with E-state index < -0.39 is 23.7 Å². The smallest absolute Gasteiger partial charge is 0.350 e. The number of thiazole rings is 1. The number of hydrogen-bond acceptors (Lipinski definition) is 7. The molecule has 1 fully saturated rings. The van der Waals surface area contributed by atoms with Crippen molar-refractivity contribution in [3.63, 3.8) is 0 Å². The molecule has 1 aromatic heterocycles. The number of esters is 1. The Morgan fingerprint density at radius 3 is 2.57 bits per heavy atom. The monoisotopic (exact) mass is 488 g/mol. The van der Waals surface area contributed by atoms with Crippen LogP contribution in [0, 0.1) is 20.8 Å². The van der Waals surface area contributed by atoms with Crippen LogP contribution in [-0.2, 0) is 14.3 Å². The second kappa shape index (κ2) is 9.68. The summed E-state index contributed by atoms with van der Waals surface area (Å²) >= 11 is 0.963. The van der Waals surface area contributed by atoms with Gasteiger partial charge >= 0.3 is 11.9 Å². The first-order valence-corrected chi connectivity index (χ1v) is 11.7. The lowest BCUT2D eigenvalue weighted by Crippen LogP contribution is -2.29. The maximum absolute atomic E-state index is 13.3. The average Bonchev–Trinajstić information content (AvgIpc) is 3.36. The van der Waals surface area contributed by atoms with Crippen LogP contribution < -0.4 is 4.90 Å². The van der Waals surface area contributed by atoms with Gasteiger partial charge in [0, 0.05) is 5.56 Å². The topological polar surface area (TPSA) is 96.8 Å². The van der Waals surface area contributed by atoms with Gasteiger partial charge in [0.15, 0.2) is 5.13 Å². The number of hydrogen-bond donors (Lipinski definition) is 1. The van der Waals surface area contributed by atoms with Gasteiger partial charge in [0.2, 0.25) is 0 Å². The molecule has 2 aromatic carbocycles. The van der Waals surface area contributed by atoms with E-state index in [4.69, 9.17) is 4.74 Å². The van der Waals surface area contributed by atoms with Gasteiger partial charge in [-0.25, -0.2) is 9.78 Å². The molecule has 1 amide bonds. The van der Waals surface area contributed by atoms with E-state index in [0.717, 1.165) is 22.5 Å². The Labute approximate surface area is 207 Å². The number of benzene rings is 2. The minimum Gasteiger partial charge on any atom is -0.507 e. The van der Waals surface area contributed by atoms with E-state index in [1.54, 1.807) is 37.3 Å². The van der Waals surface area contributed by atoms with E-state index in [1.807, 2.05) is 32.0 Å². The Balaban J connectivity index is 1.90. The molecule has 0 bridgehead atoms. The summed E-state index contributed by atoms with van der Waals surface area (Å²) in [5, 5.41) is 11.5. The third kappa shape index (κ3) is 4.40. The van der Waals surface area contributed by atoms with Gasteiger partial charge in [0.25, 0.3) is 5.78 Å². The molecule has 0 saturated carbocycles. The molecular formula is C27H24N2O5S. The van der Waals surface area contributed by atoms with Gasteiger partial charge in [-0.1, -0.05) is 72.0 Å². The van der Waals surface area contributed by atoms with Crippen LogP contribution in [0.25, 0.3) is 5.76 Å². The number of aliphatic hydroxyl groups excluding tert-OH is 1. The average molecular weight is 489 g/mol. The lowest BCUT2D eigenvalue weighted by atomic mass is 9.93. The van der Waals surface area contributed by atoms with Crippen molar-refractivity contribution in [2.45, 2.75) is 26.8 Å². The third-order valence-electron chi connectivity index (χ3n) is 5.72. The minimum absolute atomic E-state index is 0.0291. The molecule has 0 aliphatic carbocycles. The highest BCUT2D eigenvalue weighted by Crippen LogP contribution is 2.44. The SMILES string of the molecule is C=CCOC(=O)c1sc(N2C(=O)C(=O)C(=C(O)c3cc(C)ccc3C)C2c2ccccc2)nc1C. The minimum atomic E-state index is -0.918. The molecule has 1 unspecified atom stereocenters. The van der Waals surface area contributed by atoms with E-state index in [-0.39, 0.29) is 27.9 Å². The van der Waals surface area contributed by atoms with Crippen LogP contribution in [0.3, 0.4) is 0 Å². The van der Waals surface area contributed by atoms with Gasteiger partial charge in [-0.2, -0.15) is 0 Å². The van der Waals surface area contributed by atoms with Crippen molar-refractivity contribution in [1.82, 2.24) is 4.98 Å². The summed E-state index contributed by atoms with van der Waals surface area (Å²) < 4.78 is 5.13. The number of ether oxygens (including phenoxy) is 1. The first-order valence-electron chi connectivity index (χ1n) is 10.9. The summed E-state index contributed by atoms with van der Waals surface area (Å²) in [5.41, 5.74) is 3.13. The summed E-state index contributed by atoms with van der Waals surface area (Å²) in [7, 11) is 0. The van der Waals surface area contributed by atoms with Crippen LogP contribution in [0.4, 0.5) is 5.13 Å². The number of Topliss-reactive ketones (excluding diaryl/α,β-unsaturated/α-hetero) is 1. The fraction of sp³-hybridized carbons (Fsp3) is 0.185. The van der Waals surface area contributed by atoms with Crippen LogP contribution in [-0.4, -0.2) is 34.4 Å². The number of rotatable bonds is 6. The summed E-state index contributed by atoms with van der Waals surface area (Å²) in [6.07, 6.45) is 1.45. The Bertz CT molecular complexity index is 1370. The predicted molar refractivity (Wildman–Crippen MR) is 134 cm³/mol. The van der Waals surface area contributed by atoms with E-state index in [2.05, 4.69) is 11.6 Å². The van der Waals surface area contributed by atoms with Crippen LogP contribution in [0.5, 0.6) is 0 Å². The zero-order valence-electron chi connectivity index (χ0n) is 19.6. The van der Waals surface area contributed by atoms with Gasteiger partial charge in [0.05, 0.1) is 17.3 Å². The highest BCUT2D eigenvalue weighted by atomic mass is 32.1. The van der Waals surface area contributed by atoms with Gasteiger partial charge < -0.3 is 9.84 Å². The summed E-state index contributed by atoms with van der Waals surface area (Å²) in [6.45, 7) is 8.91. The molecule has 1 aliphatic rings. The first-order chi connectivity index (χ1) is 16.7. The quantitative estimate of drug-likeness (QED) is 0.172. The number of aromatic nitrogens is 1. The largest absolute Gasteiger partial charge is 0.507 e. The van der Waals surface area contributed by atoms with Gasteiger partial charge in [-0.15, -0.1) is 0 Å². The van der Waals surface area contributed by atoms with Crippen molar-refractivity contribution in [2.75, 3.05) is 11.5 Å². The summed E-state index contributed by atoms with van der Waals surface area (Å²) in [4.78, 5) is 45.0. The number of aryl methyl sites for hydroxylation is 3. The Morgan fingerprint density at radius 2 is 1.89 bits per heavy atom. The maximum Gasteiger partial charge on any atom is 0.350 e. The molecule has 1 atom stereocenters. The predicted octanol–water partition coefficient (Wildman–Crippen LogP) is 5.04. The first kappa shape index (κ1) is 24.1. The Hall–Kier alpha value is -4.04. The van der Waals surface area contributed by atoms with Crippen LogP contribution in [0.1, 0.15) is 43.7 Å². The van der Waals surface area contributed by atoms with Crippen molar-refractivity contribution in [3.8, 4) is 0 Å². The molecule has 4 rings (SSSR count). The molecule has 0 spiro atoms. The zero-order valence-corrected chi connectivity index (χ0v) is 20.4. The van der Waals surface area contributed by atoms with Crippen LogP contribution in [0.15, 0.2) is 66.8 Å². The van der Waals surface area contributed by atoms with Crippen molar-refractivity contribution in [1.29, 1.82) is 0 Å². The Morgan fingerprint density at radius 1 is 1.17 bits per heavy atom. The number of nitrogens with zero attached hydrogens (tertiary/aromatic N) is 2. The van der Waals surface area contributed by atoms with E-state index in [9.17, 15) is 19.5 Å². The number of amides is 1. The highest BCUT2D eigenvalue weighted by Gasteiger charge is 2.48. The fourth-order valence-corrected chi connectivity index (χ4v) is 4.98. The molecule has 3 aromatic rings. The van der Waals surface area contributed by atoms with E-state index in [0.29, 0.717) is 16.8 Å². The zero-order chi connectivity index (χ0) is 25.3. The maximum atomic E-state index is 13.3. The molecule has 178 valence electrons. The van der Waals surface area contributed by atoms with Gasteiger partial charge in [-0.05, 0) is 38.0 Å². The summed E-state index contributed by atoms with van der Waals surface area (Å²) in [5.74, 6) is -2.49. The van der Waals surface area contributed by atoms with E-state index >= 15 is 0 Å². The molecule has 1 N–H and O–H groups in total. The number of ketones is 1. The number of aliphatic hydroxyl groups is 1. The standard InChI is InChI=1S/C27H24N2O5S/c1-5-13-34-26(33)24-17(4)28-27(35-24)29-21(18-9-7-6-8-10-18)20(23(31)25(29)32)22(30)19-14-15(2)11-12-16(19)3/h5-12,14,21,30H,1,13H2,2-4H3. The highest BCUT2D eigenvalue weighted by molar-refractivity contribution is 7.17.